The van der Waals surface area contributed by atoms with Crippen LogP contribution in [0.15, 0.2) is 30.6 Å². The van der Waals surface area contributed by atoms with Crippen LogP contribution < -0.4 is 9.03 Å². The third-order valence-electron chi connectivity index (χ3n) is 3.17. The van der Waals surface area contributed by atoms with Crippen LogP contribution in [0.2, 0.25) is 0 Å². The second kappa shape index (κ2) is 4.50. The highest BCUT2D eigenvalue weighted by molar-refractivity contribution is 7.91. The van der Waals surface area contributed by atoms with Crippen LogP contribution in [0.3, 0.4) is 0 Å². The Hall–Kier alpha value is -2.06. The zero-order chi connectivity index (χ0) is 14.3. The highest BCUT2D eigenvalue weighted by Gasteiger charge is 2.30. The summed E-state index contributed by atoms with van der Waals surface area (Å²) < 4.78 is 28.9. The van der Waals surface area contributed by atoms with E-state index in [1.54, 1.807) is 30.1 Å². The average Bonchev–Trinajstić information content (AvgIpc) is 2.96. The molecule has 2 aromatic rings. The van der Waals surface area contributed by atoms with E-state index >= 15 is 0 Å². The van der Waals surface area contributed by atoms with Crippen molar-refractivity contribution >= 4 is 15.9 Å². The van der Waals surface area contributed by atoms with Crippen molar-refractivity contribution in [3.63, 3.8) is 0 Å². The van der Waals surface area contributed by atoms with E-state index in [2.05, 4.69) is 9.82 Å². The van der Waals surface area contributed by atoms with Gasteiger partial charge in [0.05, 0.1) is 11.9 Å². The van der Waals surface area contributed by atoms with Gasteiger partial charge < -0.3 is 5.11 Å². The van der Waals surface area contributed by atoms with Crippen LogP contribution in [-0.4, -0.2) is 36.4 Å². The predicted molar refractivity (Wildman–Crippen MR) is 74.6 cm³/mol. The molecule has 2 N–H and O–H groups in total. The van der Waals surface area contributed by atoms with E-state index in [0.29, 0.717) is 13.1 Å². The standard InChI is InChI=1S/C12H14N4O3S/c1-15-8-10(7-13-15)9-2-3-12(17)11(6-9)16-5-4-14-20(16,18)19/h2-3,6-8,14,17H,4-5H2,1H3. The first kappa shape index (κ1) is 12.9. The molecule has 2 heterocycles. The fourth-order valence-electron chi connectivity index (χ4n) is 2.20. The van der Waals surface area contributed by atoms with E-state index in [4.69, 9.17) is 0 Å². The zero-order valence-corrected chi connectivity index (χ0v) is 11.6. The number of hydrogen-bond acceptors (Lipinski definition) is 4. The van der Waals surface area contributed by atoms with Gasteiger partial charge in [-0.05, 0) is 17.7 Å². The van der Waals surface area contributed by atoms with E-state index in [1.165, 1.54) is 10.4 Å². The second-order valence-electron chi connectivity index (χ2n) is 4.58. The molecule has 0 saturated carbocycles. The molecule has 1 aliphatic heterocycles. The molecule has 3 rings (SSSR count). The summed E-state index contributed by atoms with van der Waals surface area (Å²) >= 11 is 0. The van der Waals surface area contributed by atoms with E-state index in [0.717, 1.165) is 11.1 Å². The summed E-state index contributed by atoms with van der Waals surface area (Å²) in [5, 5.41) is 14.0. The number of hydrogen-bond donors (Lipinski definition) is 2. The lowest BCUT2D eigenvalue weighted by molar-refractivity contribution is 0.476. The number of nitrogens with one attached hydrogen (secondary N) is 1. The molecule has 0 spiro atoms. The van der Waals surface area contributed by atoms with Gasteiger partial charge in [-0.15, -0.1) is 0 Å². The van der Waals surface area contributed by atoms with Crippen LogP contribution >= 0.6 is 0 Å². The van der Waals surface area contributed by atoms with Crippen LogP contribution in [0.1, 0.15) is 0 Å². The van der Waals surface area contributed by atoms with Crippen molar-refractivity contribution in [1.29, 1.82) is 0 Å². The number of aromatic hydroxyl groups is 1. The highest BCUT2D eigenvalue weighted by atomic mass is 32.2. The first-order chi connectivity index (χ1) is 9.47. The molecule has 0 unspecified atom stereocenters. The fraction of sp³-hybridized carbons (Fsp3) is 0.250. The molecule has 0 atom stereocenters. The molecule has 20 heavy (non-hydrogen) atoms. The number of phenols is 1. The maximum atomic E-state index is 11.9. The largest absolute Gasteiger partial charge is 0.506 e. The molecule has 1 aromatic carbocycles. The van der Waals surface area contributed by atoms with Crippen LogP contribution in [0, 0.1) is 0 Å². The van der Waals surface area contributed by atoms with Gasteiger partial charge in [0.25, 0.3) is 0 Å². The minimum Gasteiger partial charge on any atom is -0.506 e. The molecule has 1 saturated heterocycles. The van der Waals surface area contributed by atoms with Gasteiger partial charge in [-0.1, -0.05) is 6.07 Å². The molecule has 1 fully saturated rings. The molecule has 1 aromatic heterocycles. The highest BCUT2D eigenvalue weighted by Crippen LogP contribution is 2.34. The Balaban J connectivity index is 2.08. The summed E-state index contributed by atoms with van der Waals surface area (Å²) in [5.41, 5.74) is 1.93. The molecular weight excluding hydrogens is 280 g/mol. The third-order valence-corrected chi connectivity index (χ3v) is 4.70. The lowest BCUT2D eigenvalue weighted by Gasteiger charge is -2.17. The summed E-state index contributed by atoms with van der Waals surface area (Å²) in [6.45, 7) is 0.630. The Morgan fingerprint density at radius 1 is 1.35 bits per heavy atom. The molecule has 0 aliphatic carbocycles. The number of anilines is 1. The van der Waals surface area contributed by atoms with Crippen molar-refractivity contribution in [3.05, 3.63) is 30.6 Å². The molecule has 0 bridgehead atoms. The normalized spacial score (nSPS) is 17.6. The van der Waals surface area contributed by atoms with Crippen LogP contribution in [0.5, 0.6) is 5.75 Å². The van der Waals surface area contributed by atoms with Gasteiger partial charge in [0, 0.05) is 31.9 Å². The molecular formula is C12H14N4O3S. The van der Waals surface area contributed by atoms with Gasteiger partial charge in [0.2, 0.25) is 0 Å². The average molecular weight is 294 g/mol. The first-order valence-electron chi connectivity index (χ1n) is 6.07. The molecule has 106 valence electrons. The van der Waals surface area contributed by atoms with Crippen LogP contribution in [0.4, 0.5) is 5.69 Å². The van der Waals surface area contributed by atoms with Crippen molar-refractivity contribution in [2.24, 2.45) is 7.05 Å². The summed E-state index contributed by atoms with van der Waals surface area (Å²) in [6.07, 6.45) is 3.51. The fourth-order valence-corrected chi connectivity index (χ4v) is 3.44. The first-order valence-corrected chi connectivity index (χ1v) is 7.51. The summed E-state index contributed by atoms with van der Waals surface area (Å²) in [5.74, 6) is -0.0649. The maximum Gasteiger partial charge on any atom is 0.301 e. The molecule has 0 amide bonds. The Kier molecular flexibility index (Phi) is 2.91. The van der Waals surface area contributed by atoms with Crippen molar-refractivity contribution in [2.45, 2.75) is 0 Å². The lowest BCUT2D eigenvalue weighted by Crippen LogP contribution is -2.29. The number of benzene rings is 1. The van der Waals surface area contributed by atoms with Crippen molar-refractivity contribution in [2.75, 3.05) is 17.4 Å². The number of phenolic OH excluding ortho intramolecular Hbond substituents is 1. The second-order valence-corrected chi connectivity index (χ2v) is 6.26. The minimum absolute atomic E-state index is 0.0649. The van der Waals surface area contributed by atoms with E-state index in [9.17, 15) is 13.5 Å². The van der Waals surface area contributed by atoms with Gasteiger partial charge in [0.1, 0.15) is 5.75 Å². The maximum absolute atomic E-state index is 11.9. The molecule has 0 radical (unpaired) electrons. The smallest absolute Gasteiger partial charge is 0.301 e. The van der Waals surface area contributed by atoms with Gasteiger partial charge in [-0.2, -0.15) is 18.2 Å². The number of aromatic nitrogens is 2. The summed E-state index contributed by atoms with van der Waals surface area (Å²) in [6, 6.07) is 4.87. The Morgan fingerprint density at radius 2 is 2.15 bits per heavy atom. The third kappa shape index (κ3) is 2.12. The van der Waals surface area contributed by atoms with E-state index in [1.807, 2.05) is 6.20 Å². The molecule has 7 nitrogen and oxygen atoms in total. The lowest BCUT2D eigenvalue weighted by atomic mass is 10.1. The minimum atomic E-state index is -3.55. The number of nitrogens with zero attached hydrogens (tertiary/aromatic N) is 3. The predicted octanol–water partition coefficient (Wildman–Crippen LogP) is 0.447. The summed E-state index contributed by atoms with van der Waals surface area (Å²) in [4.78, 5) is 0. The van der Waals surface area contributed by atoms with E-state index in [-0.39, 0.29) is 11.4 Å². The summed E-state index contributed by atoms with van der Waals surface area (Å²) in [7, 11) is -1.75. The SMILES string of the molecule is Cn1cc(-c2ccc(O)c(N3CCNS3(=O)=O)c2)cn1. The Labute approximate surface area is 116 Å². The van der Waals surface area contributed by atoms with E-state index < -0.39 is 10.2 Å². The van der Waals surface area contributed by atoms with Crippen LogP contribution in [-0.2, 0) is 17.3 Å². The Bertz CT molecular complexity index is 754. The quantitative estimate of drug-likeness (QED) is 0.841. The van der Waals surface area contributed by atoms with Gasteiger partial charge in [-0.25, -0.2) is 0 Å². The van der Waals surface area contributed by atoms with Crippen molar-refractivity contribution in [3.8, 4) is 16.9 Å². The van der Waals surface area contributed by atoms with Gasteiger partial charge >= 0.3 is 10.2 Å². The van der Waals surface area contributed by atoms with Crippen molar-refractivity contribution < 1.29 is 13.5 Å². The Morgan fingerprint density at radius 3 is 2.75 bits per heavy atom. The topological polar surface area (TPSA) is 87.5 Å². The van der Waals surface area contributed by atoms with Gasteiger partial charge in [-0.3, -0.25) is 8.99 Å². The number of aryl methyl sites for hydroxylation is 1. The van der Waals surface area contributed by atoms with Crippen LogP contribution in [0.25, 0.3) is 11.1 Å². The van der Waals surface area contributed by atoms with Crippen molar-refractivity contribution in [1.82, 2.24) is 14.5 Å². The zero-order valence-electron chi connectivity index (χ0n) is 10.8. The number of rotatable bonds is 2. The van der Waals surface area contributed by atoms with Gasteiger partial charge in [0.15, 0.2) is 0 Å². The molecule has 1 aliphatic rings. The molecule has 8 heteroatoms. The monoisotopic (exact) mass is 294 g/mol.